The van der Waals surface area contributed by atoms with Gasteiger partial charge in [0.15, 0.2) is 12.1 Å². The molecule has 2 N–H and O–H groups in total. The van der Waals surface area contributed by atoms with E-state index in [0.717, 1.165) is 19.3 Å². The van der Waals surface area contributed by atoms with Crippen molar-refractivity contribution in [3.8, 4) is 0 Å². The lowest BCUT2D eigenvalue weighted by Crippen LogP contribution is -2.70. The van der Waals surface area contributed by atoms with Crippen LogP contribution in [-0.2, 0) is 14.4 Å². The summed E-state index contributed by atoms with van der Waals surface area (Å²) in [5, 5.41) is 31.9. The molecule has 7 heteroatoms. The van der Waals surface area contributed by atoms with Crippen LogP contribution in [0.1, 0.15) is 137 Å². The van der Waals surface area contributed by atoms with Crippen LogP contribution in [0.25, 0.3) is 0 Å². The van der Waals surface area contributed by atoms with Gasteiger partial charge in [0, 0.05) is 19.3 Å². The van der Waals surface area contributed by atoms with Gasteiger partial charge in [-0.05, 0) is 18.9 Å². The minimum absolute atomic E-state index is 0.0823. The third-order valence-corrected chi connectivity index (χ3v) is 7.46. The number of allylic oxidation sites excluding steroid dienone is 1. The topological polar surface area (TPSA) is 115 Å². The molecule has 3 atom stereocenters. The highest BCUT2D eigenvalue weighted by Gasteiger charge is 2.53. The molecule has 0 saturated carbocycles. The Balaban J connectivity index is 4.97. The highest BCUT2D eigenvalue weighted by Crippen LogP contribution is 2.32. The highest BCUT2D eigenvalue weighted by atomic mass is 16.4. The molecule has 36 heavy (non-hydrogen) atoms. The largest absolute Gasteiger partial charge is 0.544 e. The van der Waals surface area contributed by atoms with Gasteiger partial charge in [-0.15, -0.1) is 0 Å². The number of aliphatic carboxylic acids is 3. The molecule has 0 spiro atoms. The van der Waals surface area contributed by atoms with E-state index in [4.69, 9.17) is 0 Å². The van der Waals surface area contributed by atoms with Crippen LogP contribution in [0.3, 0.4) is 0 Å². The number of carboxylic acid groups (broad SMARTS) is 3. The predicted octanol–water partition coefficient (Wildman–Crippen LogP) is 6.05. The maximum absolute atomic E-state index is 12.2. The number of hydrogen-bond donors (Lipinski definition) is 2. The quantitative estimate of drug-likeness (QED) is 0.120. The molecule has 0 rings (SSSR count). The molecule has 210 valence electrons. The minimum Gasteiger partial charge on any atom is -0.544 e. The van der Waals surface area contributed by atoms with Gasteiger partial charge >= 0.3 is 11.9 Å². The van der Waals surface area contributed by atoms with Crippen molar-refractivity contribution in [2.45, 2.75) is 155 Å². The average molecular weight is 512 g/mol. The Morgan fingerprint density at radius 2 is 1.00 bits per heavy atom. The lowest BCUT2D eigenvalue weighted by Gasteiger charge is -2.48. The SMILES string of the molecule is CCCCCCCCCCCCCCC/C=C/[N+](C(CC)C(=O)[O-])(C(CC)C(=O)O)C(CC)C(=O)O. The number of carbonyl (C=O) groups excluding carboxylic acids is 1. The minimum atomic E-state index is -1.41. The number of rotatable bonds is 24. The zero-order valence-electron chi connectivity index (χ0n) is 23.4. The van der Waals surface area contributed by atoms with Gasteiger partial charge in [-0.3, -0.25) is 4.48 Å². The molecule has 0 heterocycles. The van der Waals surface area contributed by atoms with Crippen molar-refractivity contribution in [2.24, 2.45) is 0 Å². The van der Waals surface area contributed by atoms with Crippen molar-refractivity contribution >= 4 is 17.9 Å². The van der Waals surface area contributed by atoms with E-state index < -0.39 is 40.5 Å². The van der Waals surface area contributed by atoms with E-state index in [1.54, 1.807) is 33.0 Å². The van der Waals surface area contributed by atoms with Gasteiger partial charge in [0.05, 0.1) is 12.2 Å². The molecule has 0 aromatic heterocycles. The van der Waals surface area contributed by atoms with Crippen LogP contribution in [0.4, 0.5) is 0 Å². The van der Waals surface area contributed by atoms with E-state index in [2.05, 4.69) is 6.92 Å². The summed E-state index contributed by atoms with van der Waals surface area (Å²) in [5.74, 6) is -3.80. The first-order chi connectivity index (χ1) is 17.2. The number of unbranched alkanes of at least 4 members (excludes halogenated alkanes) is 13. The van der Waals surface area contributed by atoms with Gasteiger partial charge in [-0.1, -0.05) is 105 Å². The van der Waals surface area contributed by atoms with E-state index >= 15 is 0 Å². The summed E-state index contributed by atoms with van der Waals surface area (Å²) in [5.41, 5.74) is 0. The van der Waals surface area contributed by atoms with Crippen LogP contribution >= 0.6 is 0 Å². The Bertz CT molecular complexity index is 593. The molecule has 0 aliphatic rings. The second kappa shape index (κ2) is 20.2. The fraction of sp³-hybridized carbons (Fsp3) is 0.828. The van der Waals surface area contributed by atoms with Gasteiger partial charge in [0.2, 0.25) is 0 Å². The van der Waals surface area contributed by atoms with E-state index in [0.29, 0.717) is 6.42 Å². The number of carbonyl (C=O) groups is 3. The van der Waals surface area contributed by atoms with Crippen molar-refractivity contribution in [1.29, 1.82) is 0 Å². The lowest BCUT2D eigenvalue weighted by molar-refractivity contribution is -0.929. The summed E-state index contributed by atoms with van der Waals surface area (Å²) < 4.78 is -0.644. The van der Waals surface area contributed by atoms with Crippen LogP contribution in [0.5, 0.6) is 0 Å². The molecule has 0 bridgehead atoms. The molecule has 0 aliphatic heterocycles. The van der Waals surface area contributed by atoms with E-state index in [1.165, 1.54) is 64.2 Å². The molecule has 0 aromatic rings. The summed E-state index contributed by atoms with van der Waals surface area (Å²) in [7, 11) is 0. The summed E-state index contributed by atoms with van der Waals surface area (Å²) in [6.07, 6.45) is 20.5. The summed E-state index contributed by atoms with van der Waals surface area (Å²) in [6.45, 7) is 7.19. The molecule has 7 nitrogen and oxygen atoms in total. The third kappa shape index (κ3) is 11.4. The lowest BCUT2D eigenvalue weighted by atomic mass is 9.95. The zero-order chi connectivity index (χ0) is 27.4. The van der Waals surface area contributed by atoms with E-state index in [1.807, 2.05) is 0 Å². The van der Waals surface area contributed by atoms with E-state index in [-0.39, 0.29) is 19.3 Å². The van der Waals surface area contributed by atoms with Crippen molar-refractivity contribution in [1.82, 2.24) is 0 Å². The van der Waals surface area contributed by atoms with Crippen LogP contribution in [0.2, 0.25) is 0 Å². The van der Waals surface area contributed by atoms with Crippen molar-refractivity contribution in [3.05, 3.63) is 12.3 Å². The van der Waals surface area contributed by atoms with Gasteiger partial charge in [-0.25, -0.2) is 9.59 Å². The first kappa shape index (κ1) is 34.1. The molecule has 0 radical (unpaired) electrons. The maximum atomic E-state index is 12.2. The van der Waals surface area contributed by atoms with Crippen molar-refractivity contribution in [2.75, 3.05) is 0 Å². The number of hydrogen-bond acceptors (Lipinski definition) is 4. The van der Waals surface area contributed by atoms with Crippen LogP contribution in [0.15, 0.2) is 12.3 Å². The van der Waals surface area contributed by atoms with Gasteiger partial charge in [0.1, 0.15) is 6.04 Å². The average Bonchev–Trinajstić information content (AvgIpc) is 2.82. The molecule has 0 aromatic carbocycles. The molecule has 0 fully saturated rings. The molecule has 0 aliphatic carbocycles. The number of nitrogens with zero attached hydrogens (tertiary/aromatic N) is 1. The maximum Gasteiger partial charge on any atom is 0.362 e. The van der Waals surface area contributed by atoms with Crippen LogP contribution < -0.4 is 5.11 Å². The van der Waals surface area contributed by atoms with Crippen LogP contribution in [0, 0.1) is 0 Å². The third-order valence-electron chi connectivity index (χ3n) is 7.46. The Labute approximate surface area is 219 Å². The zero-order valence-corrected chi connectivity index (χ0v) is 23.4. The smallest absolute Gasteiger partial charge is 0.362 e. The molecular weight excluding hydrogens is 458 g/mol. The monoisotopic (exact) mass is 511 g/mol. The first-order valence-corrected chi connectivity index (χ1v) is 14.5. The second-order valence-electron chi connectivity index (χ2n) is 10.1. The summed E-state index contributed by atoms with van der Waals surface area (Å²) in [6, 6.07) is -3.62. The summed E-state index contributed by atoms with van der Waals surface area (Å²) in [4.78, 5) is 36.4. The molecule has 3 unspecified atom stereocenters. The van der Waals surface area contributed by atoms with Gasteiger partial charge < -0.3 is 20.1 Å². The Kier molecular flexibility index (Phi) is 19.1. The van der Waals surface area contributed by atoms with Crippen molar-refractivity contribution < 1.29 is 34.2 Å². The van der Waals surface area contributed by atoms with Crippen LogP contribution in [-0.4, -0.2) is 50.7 Å². The molecular formula is C29H53NO6. The fourth-order valence-corrected chi connectivity index (χ4v) is 5.53. The standard InChI is InChI=1S/C29H53NO6/c1-5-9-10-11-12-13-14-15-16-17-18-19-20-21-22-23-30(24(6-2)27(31)32,25(7-3)28(33)34)26(8-4)29(35)36/h22-26H,5-21H2,1-4H3,(H2-,31,32,33,34,35,36)/b23-22+. The van der Waals surface area contributed by atoms with Gasteiger partial charge in [0.25, 0.3) is 0 Å². The molecule has 0 saturated heterocycles. The Hall–Kier alpha value is -1.89. The Morgan fingerprint density at radius 1 is 0.639 bits per heavy atom. The van der Waals surface area contributed by atoms with E-state index in [9.17, 15) is 29.7 Å². The first-order valence-electron chi connectivity index (χ1n) is 14.5. The molecule has 0 amide bonds. The van der Waals surface area contributed by atoms with Gasteiger partial charge in [-0.2, -0.15) is 0 Å². The Morgan fingerprint density at radius 3 is 1.31 bits per heavy atom. The summed E-state index contributed by atoms with van der Waals surface area (Å²) >= 11 is 0. The normalized spacial score (nSPS) is 15.9. The fourth-order valence-electron chi connectivity index (χ4n) is 5.53. The van der Waals surface area contributed by atoms with Crippen molar-refractivity contribution in [3.63, 3.8) is 0 Å². The highest BCUT2D eigenvalue weighted by molar-refractivity contribution is 5.77. The number of quaternary nitrogens is 1. The predicted molar refractivity (Wildman–Crippen MR) is 142 cm³/mol. The second-order valence-corrected chi connectivity index (χ2v) is 10.1. The number of carboxylic acids is 3.